The van der Waals surface area contributed by atoms with Gasteiger partial charge in [-0.05, 0) is 29.9 Å². The van der Waals surface area contributed by atoms with E-state index in [1.807, 2.05) is 12.1 Å². The standard InChI is InChI=1S/C12H7ClOS/c1-2-3-4-11-7-8-12(15-11)6-5-10(14)9-13/h1,7-8,10,14H,9H2/t10-/m1/s1. The number of alkyl halides is 1. The molecule has 0 saturated heterocycles. The third-order valence-electron chi connectivity index (χ3n) is 1.37. The Hall–Kier alpha value is -1.37. The summed E-state index contributed by atoms with van der Waals surface area (Å²) in [5.41, 5.74) is 0. The van der Waals surface area contributed by atoms with Crippen LogP contribution in [0, 0.1) is 36.0 Å². The van der Waals surface area contributed by atoms with Gasteiger partial charge in [0.05, 0.1) is 15.6 Å². The highest BCUT2D eigenvalue weighted by atomic mass is 35.5. The molecular weight excluding hydrogens is 228 g/mol. The fourth-order valence-corrected chi connectivity index (χ4v) is 1.56. The van der Waals surface area contributed by atoms with Crippen molar-refractivity contribution in [1.29, 1.82) is 0 Å². The van der Waals surface area contributed by atoms with Crippen molar-refractivity contribution in [3.05, 3.63) is 21.9 Å². The molecule has 3 heteroatoms. The zero-order valence-corrected chi connectivity index (χ0v) is 9.32. The molecule has 0 fully saturated rings. The molecule has 0 bridgehead atoms. The van der Waals surface area contributed by atoms with Gasteiger partial charge in [-0.15, -0.1) is 29.4 Å². The summed E-state index contributed by atoms with van der Waals surface area (Å²) in [6.45, 7) is 0. The van der Waals surface area contributed by atoms with Crippen molar-refractivity contribution in [2.24, 2.45) is 0 Å². The summed E-state index contributed by atoms with van der Waals surface area (Å²) in [4.78, 5) is 1.69. The van der Waals surface area contributed by atoms with Crippen LogP contribution in [0.4, 0.5) is 0 Å². The Kier molecular flexibility index (Phi) is 4.82. The lowest BCUT2D eigenvalue weighted by molar-refractivity contribution is 0.256. The number of hydrogen-bond donors (Lipinski definition) is 1. The van der Waals surface area contributed by atoms with Gasteiger partial charge in [0, 0.05) is 0 Å². The predicted molar refractivity (Wildman–Crippen MR) is 63.6 cm³/mol. The average Bonchev–Trinajstić information content (AvgIpc) is 2.71. The summed E-state index contributed by atoms with van der Waals surface area (Å²) in [6.07, 6.45) is 4.22. The van der Waals surface area contributed by atoms with Crippen molar-refractivity contribution in [1.82, 2.24) is 0 Å². The molecule has 15 heavy (non-hydrogen) atoms. The van der Waals surface area contributed by atoms with E-state index < -0.39 is 6.10 Å². The number of aliphatic hydroxyl groups is 1. The van der Waals surface area contributed by atoms with Crippen molar-refractivity contribution in [2.45, 2.75) is 6.10 Å². The Morgan fingerprint density at radius 3 is 2.67 bits per heavy atom. The van der Waals surface area contributed by atoms with Crippen LogP contribution >= 0.6 is 22.9 Å². The first kappa shape index (κ1) is 11.7. The molecule has 0 saturated carbocycles. The van der Waals surface area contributed by atoms with Gasteiger partial charge in [-0.3, -0.25) is 0 Å². The lowest BCUT2D eigenvalue weighted by Gasteiger charge is -1.91. The van der Waals surface area contributed by atoms with E-state index in [0.717, 1.165) is 9.75 Å². The van der Waals surface area contributed by atoms with Gasteiger partial charge < -0.3 is 5.11 Å². The summed E-state index contributed by atoms with van der Waals surface area (Å²) in [6, 6.07) is 3.67. The van der Waals surface area contributed by atoms with E-state index in [4.69, 9.17) is 23.1 Å². The Balaban J connectivity index is 2.76. The van der Waals surface area contributed by atoms with Crippen LogP contribution in [0.2, 0.25) is 0 Å². The van der Waals surface area contributed by atoms with Gasteiger partial charge >= 0.3 is 0 Å². The minimum atomic E-state index is -0.783. The molecular formula is C12H7ClOS. The van der Waals surface area contributed by atoms with Crippen molar-refractivity contribution >= 4 is 22.9 Å². The first-order valence-corrected chi connectivity index (χ1v) is 5.43. The van der Waals surface area contributed by atoms with Gasteiger partial charge in [0.25, 0.3) is 0 Å². The van der Waals surface area contributed by atoms with E-state index in [0.29, 0.717) is 0 Å². The molecule has 74 valence electrons. The molecule has 0 unspecified atom stereocenters. The molecule has 1 aromatic heterocycles. The van der Waals surface area contributed by atoms with Gasteiger partial charge in [-0.25, -0.2) is 0 Å². The Morgan fingerprint density at radius 2 is 2.07 bits per heavy atom. The molecule has 0 aliphatic carbocycles. The van der Waals surface area contributed by atoms with Crippen LogP contribution < -0.4 is 0 Å². The highest BCUT2D eigenvalue weighted by Crippen LogP contribution is 2.13. The largest absolute Gasteiger partial charge is 0.379 e. The van der Waals surface area contributed by atoms with Crippen molar-refractivity contribution < 1.29 is 5.11 Å². The fourth-order valence-electron chi connectivity index (χ4n) is 0.763. The van der Waals surface area contributed by atoms with Crippen molar-refractivity contribution in [2.75, 3.05) is 5.88 Å². The summed E-state index contributed by atoms with van der Waals surface area (Å²) in [7, 11) is 0. The summed E-state index contributed by atoms with van der Waals surface area (Å²) >= 11 is 6.83. The summed E-state index contributed by atoms with van der Waals surface area (Å²) in [5.74, 6) is 13.1. The van der Waals surface area contributed by atoms with E-state index in [2.05, 4.69) is 29.6 Å². The first-order valence-electron chi connectivity index (χ1n) is 4.08. The van der Waals surface area contributed by atoms with E-state index in [1.54, 1.807) is 0 Å². The van der Waals surface area contributed by atoms with Crippen LogP contribution in [0.3, 0.4) is 0 Å². The molecule has 0 aliphatic rings. The predicted octanol–water partition coefficient (Wildman–Crippen LogP) is 1.68. The fraction of sp³-hybridized carbons (Fsp3) is 0.167. The second kappa shape index (κ2) is 6.18. The second-order valence-corrected chi connectivity index (χ2v) is 3.89. The number of terminal acetylenes is 1. The quantitative estimate of drug-likeness (QED) is 0.579. The number of hydrogen-bond acceptors (Lipinski definition) is 2. The number of thiophene rings is 1. The molecule has 0 amide bonds. The van der Waals surface area contributed by atoms with Crippen LogP contribution in [0.25, 0.3) is 0 Å². The topological polar surface area (TPSA) is 20.2 Å². The van der Waals surface area contributed by atoms with Crippen LogP contribution in [0.5, 0.6) is 0 Å². The molecule has 0 aromatic carbocycles. The number of halogens is 1. The third-order valence-corrected chi connectivity index (χ3v) is 2.58. The molecule has 1 heterocycles. The maximum atomic E-state index is 9.11. The molecule has 1 N–H and O–H groups in total. The van der Waals surface area contributed by atoms with Gasteiger partial charge in [0.1, 0.15) is 6.10 Å². The first-order chi connectivity index (χ1) is 7.26. The van der Waals surface area contributed by atoms with Crippen molar-refractivity contribution in [3.63, 3.8) is 0 Å². The van der Waals surface area contributed by atoms with Crippen LogP contribution in [-0.2, 0) is 0 Å². The SMILES string of the molecule is C#CC#Cc1ccc(C#C[C@@H](O)CCl)s1. The molecule has 0 radical (unpaired) electrons. The van der Waals surface area contributed by atoms with E-state index in [9.17, 15) is 0 Å². The molecule has 0 spiro atoms. The summed E-state index contributed by atoms with van der Waals surface area (Å²) in [5, 5.41) is 9.11. The maximum absolute atomic E-state index is 9.11. The van der Waals surface area contributed by atoms with Crippen LogP contribution in [0.1, 0.15) is 9.75 Å². The monoisotopic (exact) mass is 234 g/mol. The molecule has 0 aliphatic heterocycles. The second-order valence-electron chi connectivity index (χ2n) is 2.50. The van der Waals surface area contributed by atoms with Gasteiger partial charge in [0.15, 0.2) is 0 Å². The Labute approximate surface area is 98.1 Å². The van der Waals surface area contributed by atoms with E-state index in [-0.39, 0.29) is 5.88 Å². The van der Waals surface area contributed by atoms with Gasteiger partial charge in [0.2, 0.25) is 0 Å². The van der Waals surface area contributed by atoms with Gasteiger partial charge in [-0.2, -0.15) is 0 Å². The Bertz CT molecular complexity index is 487. The molecule has 1 atom stereocenters. The number of rotatable bonds is 1. The lowest BCUT2D eigenvalue weighted by atomic mass is 10.3. The lowest BCUT2D eigenvalue weighted by Crippen LogP contribution is -2.03. The van der Waals surface area contributed by atoms with Crippen LogP contribution in [-0.4, -0.2) is 17.1 Å². The normalized spacial score (nSPS) is 10.2. The molecule has 1 aromatic rings. The molecule has 1 nitrogen and oxygen atoms in total. The van der Waals surface area contributed by atoms with Crippen LogP contribution in [0.15, 0.2) is 12.1 Å². The highest BCUT2D eigenvalue weighted by molar-refractivity contribution is 7.13. The van der Waals surface area contributed by atoms with Crippen molar-refractivity contribution in [3.8, 4) is 36.0 Å². The highest BCUT2D eigenvalue weighted by Gasteiger charge is 1.96. The van der Waals surface area contributed by atoms with E-state index in [1.165, 1.54) is 11.3 Å². The zero-order chi connectivity index (χ0) is 11.1. The third kappa shape index (κ3) is 4.11. The minimum absolute atomic E-state index is 0.113. The average molecular weight is 235 g/mol. The Morgan fingerprint density at radius 1 is 1.40 bits per heavy atom. The zero-order valence-electron chi connectivity index (χ0n) is 7.75. The maximum Gasteiger partial charge on any atom is 0.128 e. The smallest absolute Gasteiger partial charge is 0.128 e. The summed E-state index contributed by atoms with van der Waals surface area (Å²) < 4.78 is 0. The molecule has 1 rings (SSSR count). The number of aliphatic hydroxyl groups excluding tert-OH is 1. The van der Waals surface area contributed by atoms with Gasteiger partial charge in [-0.1, -0.05) is 11.8 Å². The minimum Gasteiger partial charge on any atom is -0.379 e. The van der Waals surface area contributed by atoms with E-state index >= 15 is 0 Å².